The second-order valence-corrected chi connectivity index (χ2v) is 8.88. The molecule has 0 bridgehead atoms. The maximum Gasteiger partial charge on any atom is 0.306 e. The molecular formula is C26H30FNO3. The van der Waals surface area contributed by atoms with Gasteiger partial charge in [-0.3, -0.25) is 9.69 Å². The molecule has 1 unspecified atom stereocenters. The molecule has 31 heavy (non-hydrogen) atoms. The molecule has 2 fully saturated rings. The van der Waals surface area contributed by atoms with Crippen molar-refractivity contribution >= 4 is 12.3 Å². The number of nitrogens with zero attached hydrogens (tertiary/aromatic N) is 1. The first-order valence-corrected chi connectivity index (χ1v) is 11.3. The van der Waals surface area contributed by atoms with Crippen LogP contribution in [0, 0.1) is 17.7 Å². The summed E-state index contributed by atoms with van der Waals surface area (Å²) in [6.07, 6.45) is 5.69. The number of likely N-dealkylation sites (tertiary alicyclic amines) is 1. The quantitative estimate of drug-likeness (QED) is 0.477. The van der Waals surface area contributed by atoms with Crippen molar-refractivity contribution in [1.82, 2.24) is 4.90 Å². The lowest BCUT2D eigenvalue weighted by molar-refractivity contribution is -0.147. The molecule has 4 rings (SSSR count). The smallest absolute Gasteiger partial charge is 0.306 e. The van der Waals surface area contributed by atoms with Gasteiger partial charge < -0.3 is 9.53 Å². The summed E-state index contributed by atoms with van der Waals surface area (Å²) >= 11 is 0. The average molecular weight is 424 g/mol. The molecule has 2 aliphatic rings. The number of aldehydes is 1. The fourth-order valence-corrected chi connectivity index (χ4v) is 5.28. The summed E-state index contributed by atoms with van der Waals surface area (Å²) in [7, 11) is 0. The van der Waals surface area contributed by atoms with E-state index in [1.165, 1.54) is 6.07 Å². The Morgan fingerprint density at radius 1 is 1.06 bits per heavy atom. The zero-order valence-electron chi connectivity index (χ0n) is 17.8. The monoisotopic (exact) mass is 423 g/mol. The van der Waals surface area contributed by atoms with Crippen LogP contribution in [0.5, 0.6) is 0 Å². The molecule has 1 heterocycles. The van der Waals surface area contributed by atoms with E-state index < -0.39 is 0 Å². The van der Waals surface area contributed by atoms with Gasteiger partial charge in [-0.05, 0) is 42.0 Å². The molecule has 4 nitrogen and oxygen atoms in total. The SMILES string of the molecule is O=C[C@@H]1CN([C@@H]2CCCCC2CC(=O)OCc2ccccc2)C[C@@H]1c1cccc(F)c1. The van der Waals surface area contributed by atoms with Gasteiger partial charge in [0.15, 0.2) is 0 Å². The maximum absolute atomic E-state index is 13.8. The summed E-state index contributed by atoms with van der Waals surface area (Å²) in [5.41, 5.74) is 1.87. The molecule has 0 aromatic heterocycles. The first-order chi connectivity index (χ1) is 15.1. The number of hydrogen-bond acceptors (Lipinski definition) is 4. The number of hydrogen-bond donors (Lipinski definition) is 0. The molecule has 1 saturated heterocycles. The molecule has 164 valence electrons. The van der Waals surface area contributed by atoms with Gasteiger partial charge in [0.25, 0.3) is 0 Å². The van der Waals surface area contributed by atoms with Crippen molar-refractivity contribution in [2.75, 3.05) is 13.1 Å². The lowest BCUT2D eigenvalue weighted by Gasteiger charge is -2.37. The molecule has 1 aliphatic carbocycles. The Labute approximate surface area is 183 Å². The van der Waals surface area contributed by atoms with Crippen molar-refractivity contribution in [2.45, 2.75) is 50.7 Å². The van der Waals surface area contributed by atoms with E-state index in [4.69, 9.17) is 4.74 Å². The van der Waals surface area contributed by atoms with Gasteiger partial charge >= 0.3 is 5.97 Å². The topological polar surface area (TPSA) is 46.6 Å². The third-order valence-electron chi connectivity index (χ3n) is 6.85. The molecule has 0 spiro atoms. The molecule has 1 saturated carbocycles. The fourth-order valence-electron chi connectivity index (χ4n) is 5.28. The van der Waals surface area contributed by atoms with E-state index in [2.05, 4.69) is 4.90 Å². The Bertz CT molecular complexity index is 887. The van der Waals surface area contributed by atoms with Crippen molar-refractivity contribution in [3.05, 3.63) is 71.5 Å². The minimum Gasteiger partial charge on any atom is -0.461 e. The van der Waals surface area contributed by atoms with Gasteiger partial charge in [0, 0.05) is 37.4 Å². The van der Waals surface area contributed by atoms with Crippen LogP contribution in [0.1, 0.15) is 49.1 Å². The van der Waals surface area contributed by atoms with E-state index in [0.29, 0.717) is 19.6 Å². The first kappa shape index (κ1) is 21.7. The summed E-state index contributed by atoms with van der Waals surface area (Å²) in [6.45, 7) is 1.70. The van der Waals surface area contributed by atoms with Gasteiger partial charge in [0.05, 0.1) is 0 Å². The highest BCUT2D eigenvalue weighted by Crippen LogP contribution is 2.38. The van der Waals surface area contributed by atoms with Gasteiger partial charge in [0.2, 0.25) is 0 Å². The lowest BCUT2D eigenvalue weighted by Crippen LogP contribution is -2.42. The van der Waals surface area contributed by atoms with E-state index in [1.54, 1.807) is 12.1 Å². The van der Waals surface area contributed by atoms with Crippen molar-refractivity contribution in [1.29, 1.82) is 0 Å². The minimum absolute atomic E-state index is 0.000749. The molecule has 5 heteroatoms. The lowest BCUT2D eigenvalue weighted by atomic mass is 9.81. The standard InChI is InChI=1S/C26H30FNO3/c27-23-11-6-10-20(13-23)24-16-28(15-22(24)17-29)25-12-5-4-9-21(25)14-26(30)31-18-19-7-2-1-3-8-19/h1-3,6-8,10-11,13,17,21-22,24-25H,4-5,9,12,14-16,18H2/t21?,22-,24+,25+/m0/s1. The van der Waals surface area contributed by atoms with E-state index in [9.17, 15) is 14.0 Å². The predicted octanol–water partition coefficient (Wildman–Crippen LogP) is 4.73. The van der Waals surface area contributed by atoms with Crippen LogP contribution in [0.15, 0.2) is 54.6 Å². The molecule has 0 N–H and O–H groups in total. The molecular weight excluding hydrogens is 393 g/mol. The predicted molar refractivity (Wildman–Crippen MR) is 117 cm³/mol. The molecule has 0 amide bonds. The number of benzene rings is 2. The van der Waals surface area contributed by atoms with Crippen LogP contribution in [0.4, 0.5) is 4.39 Å². The number of halogens is 1. The Balaban J connectivity index is 1.39. The van der Waals surface area contributed by atoms with E-state index in [-0.39, 0.29) is 35.6 Å². The fraction of sp³-hybridized carbons (Fsp3) is 0.462. The van der Waals surface area contributed by atoms with Gasteiger partial charge in [-0.15, -0.1) is 0 Å². The number of rotatable bonds is 7. The Hall–Kier alpha value is -2.53. The second kappa shape index (κ2) is 10.2. The second-order valence-electron chi connectivity index (χ2n) is 8.88. The van der Waals surface area contributed by atoms with Gasteiger partial charge in [-0.1, -0.05) is 55.3 Å². The van der Waals surface area contributed by atoms with Crippen molar-refractivity contribution < 1.29 is 18.7 Å². The van der Waals surface area contributed by atoms with Crippen molar-refractivity contribution in [3.8, 4) is 0 Å². The summed E-state index contributed by atoms with van der Waals surface area (Å²) in [5.74, 6) is -0.336. The number of esters is 1. The zero-order valence-corrected chi connectivity index (χ0v) is 17.8. The van der Waals surface area contributed by atoms with Crippen LogP contribution in [0.3, 0.4) is 0 Å². The Morgan fingerprint density at radius 2 is 1.87 bits per heavy atom. The van der Waals surface area contributed by atoms with E-state index in [0.717, 1.165) is 49.6 Å². The highest BCUT2D eigenvalue weighted by atomic mass is 19.1. The molecule has 2 aromatic rings. The van der Waals surface area contributed by atoms with Crippen molar-refractivity contribution in [3.63, 3.8) is 0 Å². The van der Waals surface area contributed by atoms with Crippen LogP contribution in [-0.4, -0.2) is 36.3 Å². The largest absolute Gasteiger partial charge is 0.461 e. The van der Waals surface area contributed by atoms with Crippen LogP contribution in [0.25, 0.3) is 0 Å². The normalized spacial score (nSPS) is 26.5. The molecule has 4 atom stereocenters. The zero-order chi connectivity index (χ0) is 21.6. The van der Waals surface area contributed by atoms with E-state index in [1.807, 2.05) is 36.4 Å². The van der Waals surface area contributed by atoms with Gasteiger partial charge in [0.1, 0.15) is 18.7 Å². The summed E-state index contributed by atoms with van der Waals surface area (Å²) in [6, 6.07) is 16.6. The van der Waals surface area contributed by atoms with Gasteiger partial charge in [-0.25, -0.2) is 4.39 Å². The van der Waals surface area contributed by atoms with E-state index >= 15 is 0 Å². The third kappa shape index (κ3) is 5.40. The van der Waals surface area contributed by atoms with Crippen LogP contribution >= 0.6 is 0 Å². The van der Waals surface area contributed by atoms with Gasteiger partial charge in [-0.2, -0.15) is 0 Å². The summed E-state index contributed by atoms with van der Waals surface area (Å²) < 4.78 is 19.3. The van der Waals surface area contributed by atoms with Crippen LogP contribution in [0.2, 0.25) is 0 Å². The number of carbonyl (C=O) groups excluding carboxylic acids is 2. The average Bonchev–Trinajstić information content (AvgIpc) is 3.23. The summed E-state index contributed by atoms with van der Waals surface area (Å²) in [4.78, 5) is 26.7. The number of ether oxygens (including phenoxy) is 1. The highest BCUT2D eigenvalue weighted by Gasteiger charge is 2.40. The van der Waals surface area contributed by atoms with Crippen LogP contribution < -0.4 is 0 Å². The minimum atomic E-state index is -0.266. The third-order valence-corrected chi connectivity index (χ3v) is 6.85. The summed E-state index contributed by atoms with van der Waals surface area (Å²) in [5, 5.41) is 0. The van der Waals surface area contributed by atoms with Crippen LogP contribution in [-0.2, 0) is 20.9 Å². The Kier molecular flexibility index (Phi) is 7.13. The maximum atomic E-state index is 13.8. The first-order valence-electron chi connectivity index (χ1n) is 11.3. The van der Waals surface area contributed by atoms with Crippen molar-refractivity contribution in [2.24, 2.45) is 11.8 Å². The molecule has 0 radical (unpaired) electrons. The highest BCUT2D eigenvalue weighted by molar-refractivity contribution is 5.69. The number of carbonyl (C=O) groups is 2. The molecule has 2 aromatic carbocycles. The molecule has 1 aliphatic heterocycles. The Morgan fingerprint density at radius 3 is 2.65 bits per heavy atom.